The fourth-order valence-corrected chi connectivity index (χ4v) is 2.88. The molecule has 0 unspecified atom stereocenters. The minimum atomic E-state index is 0. The van der Waals surface area contributed by atoms with E-state index in [1.807, 2.05) is 36.2 Å². The number of hydrogen-bond acceptors (Lipinski definition) is 4. The second kappa shape index (κ2) is 9.42. The number of hydrogen-bond donors (Lipinski definition) is 1. The van der Waals surface area contributed by atoms with Crippen molar-refractivity contribution in [3.05, 3.63) is 60.0 Å². The van der Waals surface area contributed by atoms with E-state index in [1.54, 1.807) is 20.4 Å². The zero-order valence-electron chi connectivity index (χ0n) is 15.1. The van der Waals surface area contributed by atoms with Crippen LogP contribution in [0, 0.1) is 0 Å². The van der Waals surface area contributed by atoms with Crippen LogP contribution >= 0.6 is 24.0 Å². The Morgan fingerprint density at radius 1 is 1.23 bits per heavy atom. The number of methoxy groups -OCH3 is 1. The first-order valence-corrected chi connectivity index (χ1v) is 8.08. The van der Waals surface area contributed by atoms with Crippen LogP contribution < -0.4 is 10.1 Å². The monoisotopic (exact) mass is 466 g/mol. The lowest BCUT2D eigenvalue weighted by atomic mass is 10.0. The predicted octanol–water partition coefficient (Wildman–Crippen LogP) is 3.66. The highest BCUT2D eigenvalue weighted by Crippen LogP contribution is 2.27. The number of nitrogens with one attached hydrogen (secondary N) is 1. The van der Waals surface area contributed by atoms with Gasteiger partial charge in [-0.05, 0) is 16.8 Å². The summed E-state index contributed by atoms with van der Waals surface area (Å²) < 4.78 is 10.4. The van der Waals surface area contributed by atoms with Crippen molar-refractivity contribution in [2.45, 2.75) is 13.1 Å². The quantitative estimate of drug-likeness (QED) is 0.353. The third-order valence-electron chi connectivity index (χ3n) is 4.10. The molecule has 0 amide bonds. The smallest absolute Gasteiger partial charge is 0.194 e. The SMILES string of the molecule is CN=C(NCc1c(OC)ccc2ccccc12)N(C)Cc1ccon1.I. The lowest BCUT2D eigenvalue weighted by Gasteiger charge is -2.22. The highest BCUT2D eigenvalue weighted by atomic mass is 127. The largest absolute Gasteiger partial charge is 0.496 e. The lowest BCUT2D eigenvalue weighted by molar-refractivity contribution is 0.390. The molecule has 0 saturated carbocycles. The van der Waals surface area contributed by atoms with Crippen molar-refractivity contribution in [3.63, 3.8) is 0 Å². The Labute approximate surface area is 170 Å². The predicted molar refractivity (Wildman–Crippen MR) is 114 cm³/mol. The van der Waals surface area contributed by atoms with E-state index in [0.29, 0.717) is 13.1 Å². The van der Waals surface area contributed by atoms with Gasteiger partial charge in [0.1, 0.15) is 17.7 Å². The van der Waals surface area contributed by atoms with Crippen LogP contribution in [0.4, 0.5) is 0 Å². The number of aliphatic imine (C=N–C) groups is 1. The van der Waals surface area contributed by atoms with Crippen molar-refractivity contribution < 1.29 is 9.26 Å². The van der Waals surface area contributed by atoms with Crippen LogP contribution in [0.25, 0.3) is 10.8 Å². The highest BCUT2D eigenvalue weighted by Gasteiger charge is 2.12. The average Bonchev–Trinajstić information content (AvgIpc) is 3.15. The Bertz CT molecular complexity index is 865. The van der Waals surface area contributed by atoms with E-state index >= 15 is 0 Å². The van der Waals surface area contributed by atoms with E-state index in [-0.39, 0.29) is 24.0 Å². The maximum absolute atomic E-state index is 5.55. The Balaban J connectivity index is 0.00000243. The van der Waals surface area contributed by atoms with Gasteiger partial charge in [-0.2, -0.15) is 0 Å². The molecule has 0 fully saturated rings. The number of rotatable bonds is 5. The molecule has 0 spiro atoms. The fourth-order valence-electron chi connectivity index (χ4n) is 2.88. The van der Waals surface area contributed by atoms with Gasteiger partial charge in [0.25, 0.3) is 0 Å². The van der Waals surface area contributed by atoms with E-state index in [4.69, 9.17) is 9.26 Å². The van der Waals surface area contributed by atoms with E-state index in [9.17, 15) is 0 Å². The molecule has 0 bridgehead atoms. The van der Waals surface area contributed by atoms with Gasteiger partial charge in [0.15, 0.2) is 5.96 Å². The summed E-state index contributed by atoms with van der Waals surface area (Å²) in [7, 11) is 5.42. The summed E-state index contributed by atoms with van der Waals surface area (Å²) >= 11 is 0. The van der Waals surface area contributed by atoms with E-state index in [0.717, 1.165) is 23.0 Å². The first kappa shape index (κ1) is 20.0. The van der Waals surface area contributed by atoms with Gasteiger partial charge < -0.3 is 19.5 Å². The van der Waals surface area contributed by atoms with Crippen molar-refractivity contribution in [2.24, 2.45) is 4.99 Å². The third-order valence-corrected chi connectivity index (χ3v) is 4.10. The lowest BCUT2D eigenvalue weighted by Crippen LogP contribution is -2.38. The minimum absolute atomic E-state index is 0. The molecule has 6 nitrogen and oxygen atoms in total. The Morgan fingerprint density at radius 2 is 2.04 bits per heavy atom. The van der Waals surface area contributed by atoms with Crippen LogP contribution in [0.1, 0.15) is 11.3 Å². The molecule has 0 aliphatic rings. The summed E-state index contributed by atoms with van der Waals surface area (Å²) in [6.45, 7) is 1.23. The number of ether oxygens (including phenoxy) is 1. The molecular weight excluding hydrogens is 443 g/mol. The molecule has 138 valence electrons. The molecule has 0 saturated heterocycles. The molecule has 3 rings (SSSR count). The van der Waals surface area contributed by atoms with Crippen molar-refractivity contribution in [1.29, 1.82) is 0 Å². The fraction of sp³-hybridized carbons (Fsp3) is 0.263. The van der Waals surface area contributed by atoms with Gasteiger partial charge in [0, 0.05) is 32.3 Å². The normalized spacial score (nSPS) is 11.1. The molecule has 0 aliphatic carbocycles. The molecule has 26 heavy (non-hydrogen) atoms. The molecule has 3 aromatic rings. The van der Waals surface area contributed by atoms with Gasteiger partial charge in [0.05, 0.1) is 13.7 Å². The summed E-state index contributed by atoms with van der Waals surface area (Å²) in [5.41, 5.74) is 1.96. The zero-order valence-corrected chi connectivity index (χ0v) is 17.4. The Hall–Kier alpha value is -2.29. The van der Waals surface area contributed by atoms with Crippen LogP contribution in [0.3, 0.4) is 0 Å². The summed E-state index contributed by atoms with van der Waals surface area (Å²) in [6, 6.07) is 14.2. The average molecular weight is 466 g/mol. The molecular formula is C19H23IN4O2. The van der Waals surface area contributed by atoms with Gasteiger partial charge in [0.2, 0.25) is 0 Å². The molecule has 0 aliphatic heterocycles. The van der Waals surface area contributed by atoms with Crippen molar-refractivity contribution in [2.75, 3.05) is 21.2 Å². The van der Waals surface area contributed by atoms with Crippen molar-refractivity contribution in [3.8, 4) is 5.75 Å². The van der Waals surface area contributed by atoms with Gasteiger partial charge in [-0.25, -0.2) is 0 Å². The molecule has 1 N–H and O–H groups in total. The van der Waals surface area contributed by atoms with Gasteiger partial charge in [-0.1, -0.05) is 35.5 Å². The maximum Gasteiger partial charge on any atom is 0.194 e. The van der Waals surface area contributed by atoms with Gasteiger partial charge in [-0.3, -0.25) is 4.99 Å². The van der Waals surface area contributed by atoms with Crippen molar-refractivity contribution in [1.82, 2.24) is 15.4 Å². The van der Waals surface area contributed by atoms with Crippen LogP contribution in [0.5, 0.6) is 5.75 Å². The Morgan fingerprint density at radius 3 is 2.73 bits per heavy atom. The van der Waals surface area contributed by atoms with Crippen LogP contribution in [-0.2, 0) is 13.1 Å². The zero-order chi connectivity index (χ0) is 17.6. The third kappa shape index (κ3) is 4.46. The Kier molecular flexibility index (Phi) is 7.26. The first-order chi connectivity index (χ1) is 12.2. The van der Waals surface area contributed by atoms with Crippen LogP contribution in [0.15, 0.2) is 58.2 Å². The first-order valence-electron chi connectivity index (χ1n) is 8.08. The maximum atomic E-state index is 5.55. The highest BCUT2D eigenvalue weighted by molar-refractivity contribution is 14.0. The molecule has 0 radical (unpaired) electrons. The summed E-state index contributed by atoms with van der Waals surface area (Å²) in [5.74, 6) is 1.64. The van der Waals surface area contributed by atoms with Crippen LogP contribution in [-0.4, -0.2) is 37.2 Å². The molecule has 1 aromatic heterocycles. The van der Waals surface area contributed by atoms with Gasteiger partial charge >= 0.3 is 0 Å². The topological polar surface area (TPSA) is 62.9 Å². The van der Waals surface area contributed by atoms with E-state index in [1.165, 1.54) is 10.8 Å². The summed E-state index contributed by atoms with van der Waals surface area (Å²) in [6.07, 6.45) is 1.57. The molecule has 0 atom stereocenters. The number of halogens is 1. The second-order valence-electron chi connectivity index (χ2n) is 5.72. The summed E-state index contributed by atoms with van der Waals surface area (Å²) in [4.78, 5) is 6.35. The van der Waals surface area contributed by atoms with Gasteiger partial charge in [-0.15, -0.1) is 24.0 Å². The van der Waals surface area contributed by atoms with E-state index < -0.39 is 0 Å². The second-order valence-corrected chi connectivity index (χ2v) is 5.72. The number of benzene rings is 2. The number of nitrogens with zero attached hydrogens (tertiary/aromatic N) is 3. The number of guanidine groups is 1. The van der Waals surface area contributed by atoms with Crippen LogP contribution in [0.2, 0.25) is 0 Å². The molecule has 1 heterocycles. The standard InChI is InChI=1S/C19H22N4O2.HI/c1-20-19(23(2)13-15-10-11-25-22-15)21-12-17-16-7-5-4-6-14(16)8-9-18(17)24-3;/h4-11H,12-13H2,1-3H3,(H,20,21);1H. The van der Waals surface area contributed by atoms with Crippen molar-refractivity contribution >= 4 is 40.7 Å². The molecule has 7 heteroatoms. The molecule has 2 aromatic carbocycles. The minimum Gasteiger partial charge on any atom is -0.496 e. The number of aromatic nitrogens is 1. The summed E-state index contributed by atoms with van der Waals surface area (Å²) in [5, 5.41) is 9.70. The van der Waals surface area contributed by atoms with E-state index in [2.05, 4.69) is 33.7 Å². The number of fused-ring (bicyclic) bond motifs is 1.